The Hall–Kier alpha value is -3.09. The highest BCUT2D eigenvalue weighted by Gasteiger charge is 2.20. The molecule has 2 amide bonds. The molecule has 0 saturated heterocycles. The molecule has 132 valence electrons. The highest BCUT2D eigenvalue weighted by molar-refractivity contribution is 6.39. The Kier molecular flexibility index (Phi) is 6.33. The van der Waals surface area contributed by atoms with E-state index >= 15 is 0 Å². The van der Waals surface area contributed by atoms with Crippen LogP contribution in [0.15, 0.2) is 42.7 Å². The number of amides is 2. The Morgan fingerprint density at radius 3 is 2.40 bits per heavy atom. The first kappa shape index (κ1) is 18.3. The summed E-state index contributed by atoms with van der Waals surface area (Å²) in [6.07, 6.45) is 3.59. The number of aromatic nitrogens is 1. The van der Waals surface area contributed by atoms with Gasteiger partial charge in [0.2, 0.25) is 0 Å². The smallest absolute Gasteiger partial charge is 0.313 e. The van der Waals surface area contributed by atoms with E-state index in [9.17, 15) is 9.59 Å². The fourth-order valence-corrected chi connectivity index (χ4v) is 2.31. The second-order valence-electron chi connectivity index (χ2n) is 5.24. The second-order valence-corrected chi connectivity index (χ2v) is 5.24. The molecule has 0 aliphatic heterocycles. The van der Waals surface area contributed by atoms with E-state index in [0.717, 1.165) is 11.3 Å². The summed E-state index contributed by atoms with van der Waals surface area (Å²) >= 11 is 0. The first-order valence-electron chi connectivity index (χ1n) is 7.82. The summed E-state index contributed by atoms with van der Waals surface area (Å²) in [6.45, 7) is 1.93. The van der Waals surface area contributed by atoms with Crippen LogP contribution >= 0.6 is 0 Å². The number of hydrogen-bond donors (Lipinski definition) is 2. The van der Waals surface area contributed by atoms with Crippen molar-refractivity contribution in [3.63, 3.8) is 0 Å². The second kappa shape index (κ2) is 8.68. The molecule has 1 aromatic carbocycles. The molecule has 7 nitrogen and oxygen atoms in total. The number of rotatable bonds is 6. The molecule has 2 N–H and O–H groups in total. The van der Waals surface area contributed by atoms with Crippen LogP contribution < -0.4 is 20.1 Å². The largest absolute Gasteiger partial charge is 0.497 e. The summed E-state index contributed by atoms with van der Waals surface area (Å²) in [5.74, 6) is -0.350. The van der Waals surface area contributed by atoms with Gasteiger partial charge in [0.1, 0.15) is 17.2 Å². The van der Waals surface area contributed by atoms with Crippen molar-refractivity contribution >= 4 is 17.5 Å². The molecule has 7 heteroatoms. The number of benzene rings is 1. The average Bonchev–Trinajstić information content (AvgIpc) is 2.66. The normalized spacial score (nSPS) is 11.3. The van der Waals surface area contributed by atoms with E-state index in [1.807, 2.05) is 31.2 Å². The maximum absolute atomic E-state index is 12.2. The molecule has 25 heavy (non-hydrogen) atoms. The molecular formula is C18H21N3O4. The van der Waals surface area contributed by atoms with Crippen LogP contribution in [0.25, 0.3) is 0 Å². The highest BCUT2D eigenvalue weighted by atomic mass is 16.5. The lowest BCUT2D eigenvalue weighted by molar-refractivity contribution is -0.136. The number of pyridine rings is 1. The van der Waals surface area contributed by atoms with Gasteiger partial charge in [-0.3, -0.25) is 14.6 Å². The molecule has 0 radical (unpaired) electrons. The van der Waals surface area contributed by atoms with E-state index in [0.29, 0.717) is 17.9 Å². The molecule has 2 rings (SSSR count). The average molecular weight is 343 g/mol. The molecule has 1 aromatic heterocycles. The SMILES string of the molecule is CC[C@@H](NC(=O)C(=O)Nc1cnccc1OC)c1ccc(OC)cc1. The van der Waals surface area contributed by atoms with Crippen molar-refractivity contribution in [2.45, 2.75) is 19.4 Å². The Morgan fingerprint density at radius 1 is 1.08 bits per heavy atom. The van der Waals surface area contributed by atoms with Gasteiger partial charge in [0.05, 0.1) is 26.5 Å². The van der Waals surface area contributed by atoms with Crippen LogP contribution in [-0.4, -0.2) is 31.0 Å². The summed E-state index contributed by atoms with van der Waals surface area (Å²) in [5, 5.41) is 5.23. The zero-order valence-corrected chi connectivity index (χ0v) is 14.4. The van der Waals surface area contributed by atoms with Crippen molar-refractivity contribution in [2.24, 2.45) is 0 Å². The van der Waals surface area contributed by atoms with Gasteiger partial charge in [0.15, 0.2) is 0 Å². The van der Waals surface area contributed by atoms with Crippen molar-refractivity contribution in [1.29, 1.82) is 0 Å². The quantitative estimate of drug-likeness (QED) is 0.786. The Labute approximate surface area is 146 Å². The molecule has 0 unspecified atom stereocenters. The van der Waals surface area contributed by atoms with E-state index in [1.165, 1.54) is 19.5 Å². The van der Waals surface area contributed by atoms with E-state index < -0.39 is 11.8 Å². The number of carbonyl (C=O) groups is 2. The van der Waals surface area contributed by atoms with Crippen molar-refractivity contribution in [2.75, 3.05) is 19.5 Å². The maximum atomic E-state index is 12.2. The van der Waals surface area contributed by atoms with Gasteiger partial charge in [-0.15, -0.1) is 0 Å². The molecule has 0 fully saturated rings. The van der Waals surface area contributed by atoms with E-state index in [2.05, 4.69) is 15.6 Å². The van der Waals surface area contributed by atoms with Crippen LogP contribution in [-0.2, 0) is 9.59 Å². The van der Waals surface area contributed by atoms with E-state index in [1.54, 1.807) is 13.2 Å². The molecule has 2 aromatic rings. The highest BCUT2D eigenvalue weighted by Crippen LogP contribution is 2.22. The van der Waals surface area contributed by atoms with Crippen LogP contribution in [0.5, 0.6) is 11.5 Å². The van der Waals surface area contributed by atoms with Crippen LogP contribution in [0.1, 0.15) is 24.9 Å². The molecule has 1 heterocycles. The monoisotopic (exact) mass is 343 g/mol. The molecule has 1 atom stereocenters. The van der Waals surface area contributed by atoms with Gasteiger partial charge in [-0.05, 0) is 24.1 Å². The first-order valence-corrected chi connectivity index (χ1v) is 7.82. The molecule has 0 aliphatic rings. The first-order chi connectivity index (χ1) is 12.1. The number of anilines is 1. The van der Waals surface area contributed by atoms with Gasteiger partial charge in [0, 0.05) is 12.3 Å². The minimum atomic E-state index is -0.779. The Morgan fingerprint density at radius 2 is 1.80 bits per heavy atom. The van der Waals surface area contributed by atoms with Gasteiger partial charge in [-0.2, -0.15) is 0 Å². The third kappa shape index (κ3) is 4.69. The van der Waals surface area contributed by atoms with Gasteiger partial charge in [-0.1, -0.05) is 19.1 Å². The maximum Gasteiger partial charge on any atom is 0.313 e. The third-order valence-corrected chi connectivity index (χ3v) is 3.69. The molecule has 0 spiro atoms. The number of carbonyl (C=O) groups excluding carboxylic acids is 2. The number of nitrogens with one attached hydrogen (secondary N) is 2. The van der Waals surface area contributed by atoms with Gasteiger partial charge >= 0.3 is 11.8 Å². The van der Waals surface area contributed by atoms with Crippen LogP contribution in [0, 0.1) is 0 Å². The molecule has 0 saturated carbocycles. The van der Waals surface area contributed by atoms with Crippen molar-refractivity contribution in [1.82, 2.24) is 10.3 Å². The number of nitrogens with zero attached hydrogens (tertiary/aromatic N) is 1. The standard InChI is InChI=1S/C18H21N3O4/c1-4-14(12-5-7-13(24-2)8-6-12)20-17(22)18(23)21-15-11-19-10-9-16(15)25-3/h5-11,14H,4H2,1-3H3,(H,20,22)(H,21,23)/t14-/m1/s1. The molecule has 0 aliphatic carbocycles. The summed E-state index contributed by atoms with van der Waals surface area (Å²) in [7, 11) is 3.06. The number of methoxy groups -OCH3 is 2. The number of ether oxygens (including phenoxy) is 2. The summed E-state index contributed by atoms with van der Waals surface area (Å²) in [4.78, 5) is 28.2. The predicted octanol–water partition coefficient (Wildman–Crippen LogP) is 2.30. The van der Waals surface area contributed by atoms with Crippen LogP contribution in [0.2, 0.25) is 0 Å². The van der Waals surface area contributed by atoms with Crippen LogP contribution in [0.3, 0.4) is 0 Å². The van der Waals surface area contributed by atoms with Gasteiger partial charge < -0.3 is 20.1 Å². The topological polar surface area (TPSA) is 89.6 Å². The lowest BCUT2D eigenvalue weighted by Gasteiger charge is -2.17. The Bertz CT molecular complexity index is 731. The zero-order valence-electron chi connectivity index (χ0n) is 14.4. The third-order valence-electron chi connectivity index (χ3n) is 3.69. The zero-order chi connectivity index (χ0) is 18.2. The fraction of sp³-hybridized carbons (Fsp3) is 0.278. The van der Waals surface area contributed by atoms with Crippen molar-refractivity contribution in [3.05, 3.63) is 48.3 Å². The lowest BCUT2D eigenvalue weighted by Crippen LogP contribution is -2.37. The summed E-state index contributed by atoms with van der Waals surface area (Å²) < 4.78 is 10.2. The van der Waals surface area contributed by atoms with Gasteiger partial charge in [-0.25, -0.2) is 0 Å². The minimum absolute atomic E-state index is 0.278. The summed E-state index contributed by atoms with van der Waals surface area (Å²) in [6, 6.07) is 8.65. The minimum Gasteiger partial charge on any atom is -0.497 e. The fourth-order valence-electron chi connectivity index (χ4n) is 2.31. The van der Waals surface area contributed by atoms with Crippen molar-refractivity contribution in [3.8, 4) is 11.5 Å². The Balaban J connectivity index is 2.04. The van der Waals surface area contributed by atoms with Crippen molar-refractivity contribution < 1.29 is 19.1 Å². The van der Waals surface area contributed by atoms with Gasteiger partial charge in [0.25, 0.3) is 0 Å². The summed E-state index contributed by atoms with van der Waals surface area (Å²) in [5.41, 5.74) is 1.23. The molecule has 0 bridgehead atoms. The van der Waals surface area contributed by atoms with Crippen LogP contribution in [0.4, 0.5) is 5.69 Å². The number of hydrogen-bond acceptors (Lipinski definition) is 5. The predicted molar refractivity (Wildman–Crippen MR) is 93.6 cm³/mol. The van der Waals surface area contributed by atoms with E-state index in [-0.39, 0.29) is 6.04 Å². The van der Waals surface area contributed by atoms with E-state index in [4.69, 9.17) is 9.47 Å². The lowest BCUT2D eigenvalue weighted by atomic mass is 10.0. The molecular weight excluding hydrogens is 322 g/mol.